The van der Waals surface area contributed by atoms with Crippen LogP contribution in [-0.2, 0) is 34.8 Å². The SMILES string of the molecule is Cn1c(CCC(=O)N(Cc2ccccc2)C2CC2)nc2cc(S(=O)(=O)N3CCCCC3)ccc21. The number of sulfonamides is 1. The van der Waals surface area contributed by atoms with E-state index < -0.39 is 10.0 Å². The second-order valence-electron chi connectivity index (χ2n) is 9.44. The highest BCUT2D eigenvalue weighted by Crippen LogP contribution is 2.30. The lowest BCUT2D eigenvalue weighted by molar-refractivity contribution is -0.132. The molecule has 0 spiro atoms. The molecule has 2 aliphatic rings. The van der Waals surface area contributed by atoms with Gasteiger partial charge in [-0.2, -0.15) is 4.31 Å². The Balaban J connectivity index is 1.31. The van der Waals surface area contributed by atoms with Gasteiger partial charge in [-0.25, -0.2) is 13.4 Å². The first-order valence-corrected chi connectivity index (χ1v) is 13.7. The van der Waals surface area contributed by atoms with Gasteiger partial charge < -0.3 is 9.47 Å². The van der Waals surface area contributed by atoms with Gasteiger partial charge in [-0.3, -0.25) is 4.79 Å². The van der Waals surface area contributed by atoms with Crippen molar-refractivity contribution in [2.45, 2.75) is 62.4 Å². The molecular weight excluding hydrogens is 448 g/mol. The molecule has 1 aromatic heterocycles. The zero-order chi connectivity index (χ0) is 23.7. The molecule has 2 heterocycles. The van der Waals surface area contributed by atoms with E-state index in [0.717, 1.165) is 49.0 Å². The first-order valence-electron chi connectivity index (χ1n) is 12.2. The van der Waals surface area contributed by atoms with Crippen LogP contribution in [0.3, 0.4) is 0 Å². The number of aromatic nitrogens is 2. The fourth-order valence-corrected chi connectivity index (χ4v) is 6.36. The largest absolute Gasteiger partial charge is 0.335 e. The molecule has 1 saturated heterocycles. The molecule has 180 valence electrons. The molecule has 0 atom stereocenters. The van der Waals surface area contributed by atoms with Crippen LogP contribution >= 0.6 is 0 Å². The van der Waals surface area contributed by atoms with Crippen molar-refractivity contribution < 1.29 is 13.2 Å². The maximum Gasteiger partial charge on any atom is 0.243 e. The van der Waals surface area contributed by atoms with Crippen molar-refractivity contribution in [3.05, 3.63) is 59.9 Å². The van der Waals surface area contributed by atoms with Crippen LogP contribution in [0.15, 0.2) is 53.4 Å². The standard InChI is InChI=1S/C26H32N4O3S/c1-28-24-13-12-22(34(32,33)29-16-6-3-7-17-29)18-23(24)27-25(28)14-15-26(31)30(21-10-11-21)19-20-8-4-2-5-9-20/h2,4-5,8-9,12-13,18,21H,3,6-7,10-11,14-17,19H2,1H3. The van der Waals surface area contributed by atoms with E-state index in [0.29, 0.717) is 48.9 Å². The van der Waals surface area contributed by atoms with Gasteiger partial charge in [0.25, 0.3) is 0 Å². The van der Waals surface area contributed by atoms with Gasteiger partial charge in [0.1, 0.15) is 5.82 Å². The molecule has 2 aromatic carbocycles. The highest BCUT2D eigenvalue weighted by atomic mass is 32.2. The number of imidazole rings is 1. The summed E-state index contributed by atoms with van der Waals surface area (Å²) >= 11 is 0. The number of carbonyl (C=O) groups is 1. The Morgan fingerprint density at radius 1 is 1.06 bits per heavy atom. The molecular formula is C26H32N4O3S. The van der Waals surface area contributed by atoms with E-state index in [1.54, 1.807) is 16.4 Å². The smallest absolute Gasteiger partial charge is 0.243 e. The van der Waals surface area contributed by atoms with Crippen molar-refractivity contribution in [3.8, 4) is 0 Å². The minimum absolute atomic E-state index is 0.145. The second kappa shape index (κ2) is 9.50. The highest BCUT2D eigenvalue weighted by Gasteiger charge is 2.32. The molecule has 7 nitrogen and oxygen atoms in total. The molecule has 0 radical (unpaired) electrons. The monoisotopic (exact) mass is 480 g/mol. The van der Waals surface area contributed by atoms with Crippen LogP contribution in [0.4, 0.5) is 0 Å². The summed E-state index contributed by atoms with van der Waals surface area (Å²) in [5.74, 6) is 0.943. The lowest BCUT2D eigenvalue weighted by Crippen LogP contribution is -2.35. The van der Waals surface area contributed by atoms with Crippen molar-refractivity contribution in [2.24, 2.45) is 7.05 Å². The van der Waals surface area contributed by atoms with E-state index in [4.69, 9.17) is 4.98 Å². The first kappa shape index (κ1) is 23.1. The maximum absolute atomic E-state index is 13.1. The van der Waals surface area contributed by atoms with Gasteiger partial charge in [0.15, 0.2) is 0 Å². The Kier molecular flexibility index (Phi) is 6.44. The van der Waals surface area contributed by atoms with E-state index in [-0.39, 0.29) is 5.91 Å². The summed E-state index contributed by atoms with van der Waals surface area (Å²) in [7, 11) is -1.58. The van der Waals surface area contributed by atoms with Crippen LogP contribution in [0.25, 0.3) is 11.0 Å². The van der Waals surface area contributed by atoms with E-state index in [9.17, 15) is 13.2 Å². The Morgan fingerprint density at radius 2 is 1.79 bits per heavy atom. The summed E-state index contributed by atoms with van der Waals surface area (Å²) in [6.45, 7) is 1.80. The Labute approximate surface area is 201 Å². The zero-order valence-electron chi connectivity index (χ0n) is 19.7. The lowest BCUT2D eigenvalue weighted by Gasteiger charge is -2.25. The normalized spacial score (nSPS) is 17.2. The average Bonchev–Trinajstić information content (AvgIpc) is 3.66. The third kappa shape index (κ3) is 4.74. The van der Waals surface area contributed by atoms with Crippen molar-refractivity contribution in [1.29, 1.82) is 0 Å². The van der Waals surface area contributed by atoms with Crippen LogP contribution < -0.4 is 0 Å². The molecule has 0 N–H and O–H groups in total. The quantitative estimate of drug-likeness (QED) is 0.491. The fraction of sp³-hybridized carbons (Fsp3) is 0.462. The Bertz CT molecular complexity index is 1280. The number of piperidine rings is 1. The average molecular weight is 481 g/mol. The van der Waals surface area contributed by atoms with E-state index in [1.165, 1.54) is 0 Å². The van der Waals surface area contributed by atoms with Gasteiger partial charge in [0.05, 0.1) is 15.9 Å². The number of fused-ring (bicyclic) bond motifs is 1. The van der Waals surface area contributed by atoms with Crippen molar-refractivity contribution in [1.82, 2.24) is 18.8 Å². The van der Waals surface area contributed by atoms with Crippen LogP contribution in [-0.4, -0.2) is 52.2 Å². The predicted octanol–water partition coefficient (Wildman–Crippen LogP) is 3.87. The molecule has 0 unspecified atom stereocenters. The van der Waals surface area contributed by atoms with E-state index >= 15 is 0 Å². The molecule has 3 aromatic rings. The van der Waals surface area contributed by atoms with Gasteiger partial charge in [-0.15, -0.1) is 0 Å². The van der Waals surface area contributed by atoms with E-state index in [1.807, 2.05) is 40.8 Å². The summed E-state index contributed by atoms with van der Waals surface area (Å²) in [5.41, 5.74) is 2.68. The van der Waals surface area contributed by atoms with Crippen LogP contribution in [0.2, 0.25) is 0 Å². The number of carbonyl (C=O) groups excluding carboxylic acids is 1. The molecule has 1 amide bonds. The number of hydrogen-bond donors (Lipinski definition) is 0. The summed E-state index contributed by atoms with van der Waals surface area (Å²) < 4.78 is 29.7. The predicted molar refractivity (Wildman–Crippen MR) is 132 cm³/mol. The molecule has 1 saturated carbocycles. The minimum atomic E-state index is -3.50. The van der Waals surface area contributed by atoms with Crippen molar-refractivity contribution in [2.75, 3.05) is 13.1 Å². The fourth-order valence-electron chi connectivity index (χ4n) is 4.82. The van der Waals surface area contributed by atoms with Crippen LogP contribution in [0.1, 0.15) is 49.9 Å². The number of rotatable bonds is 8. The maximum atomic E-state index is 13.1. The molecule has 1 aliphatic heterocycles. The van der Waals surface area contributed by atoms with E-state index in [2.05, 4.69) is 12.1 Å². The number of amides is 1. The molecule has 1 aliphatic carbocycles. The zero-order valence-corrected chi connectivity index (χ0v) is 20.5. The molecule has 5 rings (SSSR count). The first-order chi connectivity index (χ1) is 16.4. The van der Waals surface area contributed by atoms with Gasteiger partial charge in [-0.1, -0.05) is 36.8 Å². The third-order valence-electron chi connectivity index (χ3n) is 6.96. The summed E-state index contributed by atoms with van der Waals surface area (Å²) in [5, 5.41) is 0. The summed E-state index contributed by atoms with van der Waals surface area (Å²) in [4.78, 5) is 20.1. The Hall–Kier alpha value is -2.71. The van der Waals surface area contributed by atoms with Crippen LogP contribution in [0.5, 0.6) is 0 Å². The van der Waals surface area contributed by atoms with Crippen molar-refractivity contribution in [3.63, 3.8) is 0 Å². The minimum Gasteiger partial charge on any atom is -0.335 e. The number of hydrogen-bond acceptors (Lipinski definition) is 4. The number of nitrogens with zero attached hydrogens (tertiary/aromatic N) is 4. The molecule has 34 heavy (non-hydrogen) atoms. The van der Waals surface area contributed by atoms with Gasteiger partial charge in [0.2, 0.25) is 15.9 Å². The second-order valence-corrected chi connectivity index (χ2v) is 11.4. The topological polar surface area (TPSA) is 75.5 Å². The number of aryl methyl sites for hydroxylation is 2. The number of benzene rings is 2. The summed E-state index contributed by atoms with van der Waals surface area (Å²) in [6, 6.07) is 15.6. The molecule has 8 heteroatoms. The molecule has 2 fully saturated rings. The highest BCUT2D eigenvalue weighted by molar-refractivity contribution is 7.89. The third-order valence-corrected chi connectivity index (χ3v) is 8.86. The Morgan fingerprint density at radius 3 is 2.50 bits per heavy atom. The summed E-state index contributed by atoms with van der Waals surface area (Å²) in [6.07, 6.45) is 5.95. The van der Waals surface area contributed by atoms with Gasteiger partial charge in [0, 0.05) is 45.6 Å². The lowest BCUT2D eigenvalue weighted by atomic mass is 10.2. The van der Waals surface area contributed by atoms with Crippen molar-refractivity contribution >= 4 is 27.0 Å². The van der Waals surface area contributed by atoms with Crippen LogP contribution in [0, 0.1) is 0 Å². The van der Waals surface area contributed by atoms with Gasteiger partial charge in [-0.05, 0) is 49.4 Å². The van der Waals surface area contributed by atoms with Gasteiger partial charge >= 0.3 is 0 Å². The molecule has 0 bridgehead atoms.